The van der Waals surface area contributed by atoms with E-state index < -0.39 is 12.1 Å². The summed E-state index contributed by atoms with van der Waals surface area (Å²) in [7, 11) is 3.00. The van der Waals surface area contributed by atoms with Gasteiger partial charge in [0.2, 0.25) is 0 Å². The number of nitrogens with one attached hydrogen (secondary N) is 1. The van der Waals surface area contributed by atoms with Gasteiger partial charge in [-0.3, -0.25) is 4.79 Å². The second-order valence-electron chi connectivity index (χ2n) is 6.61. The molecule has 27 heavy (non-hydrogen) atoms. The molecule has 1 aromatic heterocycles. The lowest BCUT2D eigenvalue weighted by atomic mass is 9.88. The quantitative estimate of drug-likeness (QED) is 0.814. The molecule has 1 atom stereocenters. The van der Waals surface area contributed by atoms with Crippen LogP contribution in [0.1, 0.15) is 33.6 Å². The number of aryl methyl sites for hydroxylation is 2. The van der Waals surface area contributed by atoms with Crippen molar-refractivity contribution < 1.29 is 23.8 Å². The number of hydrogen-bond donors (Lipinski definition) is 1. The smallest absolute Gasteiger partial charge is 0.341 e. The van der Waals surface area contributed by atoms with E-state index in [2.05, 4.69) is 5.32 Å². The first-order valence-electron chi connectivity index (χ1n) is 8.96. The van der Waals surface area contributed by atoms with E-state index >= 15 is 0 Å². The summed E-state index contributed by atoms with van der Waals surface area (Å²) in [6.45, 7) is 0.595. The molecule has 1 saturated heterocycles. The zero-order valence-electron chi connectivity index (χ0n) is 15.3. The fourth-order valence-corrected chi connectivity index (χ4v) is 4.90. The molecule has 2 heterocycles. The molecule has 1 aromatic carbocycles. The Bertz CT molecular complexity index is 898. The van der Waals surface area contributed by atoms with Gasteiger partial charge in [0.15, 0.2) is 0 Å². The van der Waals surface area contributed by atoms with Gasteiger partial charge in [0.25, 0.3) is 5.91 Å². The highest BCUT2D eigenvalue weighted by atomic mass is 32.1. The third kappa shape index (κ3) is 3.21. The van der Waals surface area contributed by atoms with Crippen LogP contribution in [0.15, 0.2) is 18.2 Å². The number of benzene rings is 1. The molecule has 4 rings (SSSR count). The predicted octanol–water partition coefficient (Wildman–Crippen LogP) is 3.43. The molecular weight excluding hydrogens is 366 g/mol. The summed E-state index contributed by atoms with van der Waals surface area (Å²) in [6.07, 6.45) is 2.79. The summed E-state index contributed by atoms with van der Waals surface area (Å²) >= 11 is 1.45. The molecule has 2 aliphatic rings. The van der Waals surface area contributed by atoms with Gasteiger partial charge in [0.05, 0.1) is 14.2 Å². The number of anilines is 1. The molecule has 6 nitrogen and oxygen atoms in total. The first-order chi connectivity index (χ1) is 13.1. The maximum Gasteiger partial charge on any atom is 0.341 e. The van der Waals surface area contributed by atoms with Crippen LogP contribution in [0.25, 0.3) is 11.1 Å². The minimum absolute atomic E-state index is 0.203. The van der Waals surface area contributed by atoms with Crippen LogP contribution in [-0.2, 0) is 27.1 Å². The standard InChI is InChI=1S/C20H21NO5S/c1-24-12-6-7-13-11(10-12)5-8-15-16(13)17(20(23)25-2)19(27-15)21-18(22)14-4-3-9-26-14/h6-7,10,14H,3-5,8-9H2,1-2H3,(H,21,22)/t14-/m1/s1. The Labute approximate surface area is 161 Å². The Hall–Kier alpha value is -2.38. The highest BCUT2D eigenvalue weighted by molar-refractivity contribution is 7.17. The van der Waals surface area contributed by atoms with Gasteiger partial charge >= 0.3 is 5.97 Å². The van der Waals surface area contributed by atoms with E-state index in [4.69, 9.17) is 14.2 Å². The molecule has 0 radical (unpaired) electrons. The van der Waals surface area contributed by atoms with Gasteiger partial charge in [-0.05, 0) is 48.9 Å². The van der Waals surface area contributed by atoms with Crippen molar-refractivity contribution in [2.75, 3.05) is 26.1 Å². The first-order valence-corrected chi connectivity index (χ1v) is 9.77. The minimum Gasteiger partial charge on any atom is -0.497 e. The van der Waals surface area contributed by atoms with Crippen molar-refractivity contribution in [2.24, 2.45) is 0 Å². The normalized spacial score (nSPS) is 17.8. The summed E-state index contributed by atoms with van der Waals surface area (Å²) in [5, 5.41) is 3.45. The maximum atomic E-state index is 12.6. The number of methoxy groups -OCH3 is 2. The number of amides is 1. The van der Waals surface area contributed by atoms with Crippen molar-refractivity contribution in [2.45, 2.75) is 31.8 Å². The lowest BCUT2D eigenvalue weighted by Crippen LogP contribution is -2.27. The van der Waals surface area contributed by atoms with Crippen molar-refractivity contribution in [3.05, 3.63) is 34.2 Å². The Balaban J connectivity index is 1.77. The molecular formula is C20H21NO5S. The number of thiophene rings is 1. The summed E-state index contributed by atoms with van der Waals surface area (Å²) in [5.41, 5.74) is 3.40. The van der Waals surface area contributed by atoms with Crippen LogP contribution in [0.2, 0.25) is 0 Å². The van der Waals surface area contributed by atoms with Gasteiger partial charge in [-0.25, -0.2) is 4.79 Å². The molecule has 1 fully saturated rings. The number of fused-ring (bicyclic) bond motifs is 3. The van der Waals surface area contributed by atoms with Crippen LogP contribution in [0.5, 0.6) is 5.75 Å². The predicted molar refractivity (Wildman–Crippen MR) is 103 cm³/mol. The average Bonchev–Trinajstić information content (AvgIpc) is 3.34. The summed E-state index contributed by atoms with van der Waals surface area (Å²) in [5.74, 6) is 0.143. The molecule has 2 aromatic rings. The van der Waals surface area contributed by atoms with Crippen LogP contribution in [0, 0.1) is 0 Å². The van der Waals surface area contributed by atoms with Crippen LogP contribution < -0.4 is 10.1 Å². The van der Waals surface area contributed by atoms with Crippen LogP contribution in [0.4, 0.5) is 5.00 Å². The van der Waals surface area contributed by atoms with E-state index in [0.717, 1.165) is 46.6 Å². The molecule has 142 valence electrons. The van der Waals surface area contributed by atoms with Crippen molar-refractivity contribution >= 4 is 28.2 Å². The largest absolute Gasteiger partial charge is 0.497 e. The molecule has 1 aliphatic carbocycles. The van der Waals surface area contributed by atoms with Gasteiger partial charge < -0.3 is 19.5 Å². The minimum atomic E-state index is -0.453. The molecule has 1 amide bonds. The van der Waals surface area contributed by atoms with E-state index in [0.29, 0.717) is 23.6 Å². The lowest BCUT2D eigenvalue weighted by molar-refractivity contribution is -0.124. The van der Waals surface area contributed by atoms with Crippen molar-refractivity contribution in [1.82, 2.24) is 0 Å². The van der Waals surface area contributed by atoms with Crippen LogP contribution in [-0.4, -0.2) is 38.8 Å². The fraction of sp³-hybridized carbons (Fsp3) is 0.400. The third-order valence-electron chi connectivity index (χ3n) is 5.03. The Morgan fingerprint density at radius 3 is 2.81 bits per heavy atom. The monoisotopic (exact) mass is 387 g/mol. The van der Waals surface area contributed by atoms with Crippen molar-refractivity contribution in [3.63, 3.8) is 0 Å². The molecule has 0 unspecified atom stereocenters. The zero-order valence-corrected chi connectivity index (χ0v) is 16.1. The van der Waals surface area contributed by atoms with Gasteiger partial charge in [0, 0.05) is 17.0 Å². The number of rotatable bonds is 4. The summed E-state index contributed by atoms with van der Waals surface area (Å²) in [6, 6.07) is 5.86. The summed E-state index contributed by atoms with van der Waals surface area (Å²) < 4.78 is 15.8. The van der Waals surface area contributed by atoms with Crippen molar-refractivity contribution in [1.29, 1.82) is 0 Å². The Morgan fingerprint density at radius 1 is 1.26 bits per heavy atom. The molecule has 0 bridgehead atoms. The third-order valence-corrected chi connectivity index (χ3v) is 6.20. The lowest BCUT2D eigenvalue weighted by Gasteiger charge is -2.18. The van der Waals surface area contributed by atoms with Gasteiger partial charge in [0.1, 0.15) is 22.4 Å². The maximum absolute atomic E-state index is 12.6. The topological polar surface area (TPSA) is 73.9 Å². The molecule has 0 spiro atoms. The number of carbonyl (C=O) groups excluding carboxylic acids is 2. The van der Waals surface area contributed by atoms with Crippen LogP contribution >= 0.6 is 11.3 Å². The molecule has 1 aliphatic heterocycles. The van der Waals surface area contributed by atoms with Gasteiger partial charge in [-0.2, -0.15) is 0 Å². The zero-order chi connectivity index (χ0) is 19.0. The second-order valence-corrected chi connectivity index (χ2v) is 7.72. The first kappa shape index (κ1) is 18.0. The van der Waals surface area contributed by atoms with E-state index in [1.165, 1.54) is 18.4 Å². The SMILES string of the molecule is COC(=O)c1c(NC(=O)[C@H]2CCCO2)sc2c1-c1ccc(OC)cc1CC2. The fourth-order valence-electron chi connectivity index (χ4n) is 3.70. The Kier molecular flexibility index (Phi) is 4.88. The average molecular weight is 387 g/mol. The molecule has 0 saturated carbocycles. The van der Waals surface area contributed by atoms with Gasteiger partial charge in [-0.1, -0.05) is 6.07 Å². The van der Waals surface area contributed by atoms with E-state index in [9.17, 15) is 9.59 Å². The number of hydrogen-bond acceptors (Lipinski definition) is 6. The Morgan fingerprint density at radius 2 is 2.11 bits per heavy atom. The molecule has 1 N–H and O–H groups in total. The van der Waals surface area contributed by atoms with E-state index in [1.54, 1.807) is 7.11 Å². The van der Waals surface area contributed by atoms with E-state index in [1.807, 2.05) is 18.2 Å². The highest BCUT2D eigenvalue weighted by Gasteiger charge is 2.32. The number of carbonyl (C=O) groups is 2. The summed E-state index contributed by atoms with van der Waals surface area (Å²) in [4.78, 5) is 26.2. The van der Waals surface area contributed by atoms with E-state index in [-0.39, 0.29) is 5.91 Å². The van der Waals surface area contributed by atoms with Crippen LogP contribution in [0.3, 0.4) is 0 Å². The number of esters is 1. The number of ether oxygens (including phenoxy) is 3. The van der Waals surface area contributed by atoms with Gasteiger partial charge in [-0.15, -0.1) is 11.3 Å². The molecule has 7 heteroatoms. The van der Waals surface area contributed by atoms with Crippen molar-refractivity contribution in [3.8, 4) is 16.9 Å². The highest BCUT2D eigenvalue weighted by Crippen LogP contribution is 2.46. The second kappa shape index (κ2) is 7.32.